The van der Waals surface area contributed by atoms with Gasteiger partial charge in [0.1, 0.15) is 11.6 Å². The predicted molar refractivity (Wildman–Crippen MR) is 108 cm³/mol. The highest BCUT2D eigenvalue weighted by Crippen LogP contribution is 2.12. The molecule has 0 aromatic heterocycles. The van der Waals surface area contributed by atoms with E-state index < -0.39 is 0 Å². The number of urea groups is 1. The van der Waals surface area contributed by atoms with Gasteiger partial charge in [0.15, 0.2) is 0 Å². The Bertz CT molecular complexity index is 759. The summed E-state index contributed by atoms with van der Waals surface area (Å²) in [7, 11) is 1.67. The summed E-state index contributed by atoms with van der Waals surface area (Å²) in [5.74, 6) is 0.635. The van der Waals surface area contributed by atoms with Crippen LogP contribution in [0.15, 0.2) is 48.5 Å². The van der Waals surface area contributed by atoms with E-state index in [1.165, 1.54) is 17.7 Å². The van der Waals surface area contributed by atoms with Crippen LogP contribution >= 0.6 is 0 Å². The van der Waals surface area contributed by atoms with E-state index in [9.17, 15) is 9.18 Å². The predicted octanol–water partition coefficient (Wildman–Crippen LogP) is 2.95. The fraction of sp³-hybridized carbons (Fsp3) is 0.409. The van der Waals surface area contributed by atoms with Crippen molar-refractivity contribution in [2.45, 2.75) is 12.8 Å². The van der Waals surface area contributed by atoms with E-state index in [0.717, 1.165) is 50.5 Å². The Hall–Kier alpha value is -2.60. The van der Waals surface area contributed by atoms with Gasteiger partial charge in [-0.1, -0.05) is 24.3 Å². The average molecular weight is 385 g/mol. The van der Waals surface area contributed by atoms with Crippen LogP contribution < -0.4 is 10.1 Å². The van der Waals surface area contributed by atoms with Crippen LogP contribution in [0.3, 0.4) is 0 Å². The molecule has 2 amide bonds. The quantitative estimate of drug-likeness (QED) is 0.797. The third-order valence-electron chi connectivity index (χ3n) is 5.11. The van der Waals surface area contributed by atoms with Gasteiger partial charge in [0.25, 0.3) is 0 Å². The molecule has 1 aliphatic rings. The van der Waals surface area contributed by atoms with Gasteiger partial charge in [-0.2, -0.15) is 0 Å². The summed E-state index contributed by atoms with van der Waals surface area (Å²) in [5, 5.41) is 2.94. The number of hydrogen-bond acceptors (Lipinski definition) is 3. The molecule has 6 heteroatoms. The van der Waals surface area contributed by atoms with Crippen molar-refractivity contribution in [2.75, 3.05) is 46.4 Å². The lowest BCUT2D eigenvalue weighted by Crippen LogP contribution is -2.52. The second kappa shape index (κ2) is 10.1. The first-order valence-corrected chi connectivity index (χ1v) is 9.76. The monoisotopic (exact) mass is 385 g/mol. The highest BCUT2D eigenvalue weighted by atomic mass is 19.1. The minimum Gasteiger partial charge on any atom is -0.497 e. The molecule has 1 saturated heterocycles. The lowest BCUT2D eigenvalue weighted by molar-refractivity contribution is 0.140. The molecule has 0 bridgehead atoms. The molecule has 1 heterocycles. The van der Waals surface area contributed by atoms with Crippen LogP contribution in [0.5, 0.6) is 5.75 Å². The number of benzene rings is 2. The number of halogens is 1. The summed E-state index contributed by atoms with van der Waals surface area (Å²) in [5.41, 5.74) is 2.18. The summed E-state index contributed by atoms with van der Waals surface area (Å²) < 4.78 is 18.4. The van der Waals surface area contributed by atoms with Gasteiger partial charge >= 0.3 is 6.03 Å². The highest BCUT2D eigenvalue weighted by Gasteiger charge is 2.20. The summed E-state index contributed by atoms with van der Waals surface area (Å²) in [6.07, 6.45) is 1.62. The highest BCUT2D eigenvalue weighted by molar-refractivity contribution is 5.74. The number of piperazine rings is 1. The molecule has 0 aliphatic carbocycles. The van der Waals surface area contributed by atoms with E-state index in [1.54, 1.807) is 13.2 Å². The molecule has 0 saturated carbocycles. The molecule has 3 rings (SSSR count). The Balaban J connectivity index is 1.34. The molecular weight excluding hydrogens is 357 g/mol. The SMILES string of the molecule is COc1ccc(CCN2CCN(C(=O)NCCc3cccc(F)c3)CC2)cc1. The van der Waals surface area contributed by atoms with E-state index in [2.05, 4.69) is 22.3 Å². The van der Waals surface area contributed by atoms with Gasteiger partial charge in [-0.3, -0.25) is 4.90 Å². The molecular formula is C22H28FN3O2. The normalized spacial score (nSPS) is 14.7. The first-order chi connectivity index (χ1) is 13.6. The fourth-order valence-electron chi connectivity index (χ4n) is 3.37. The largest absolute Gasteiger partial charge is 0.497 e. The molecule has 0 spiro atoms. The molecule has 2 aromatic carbocycles. The van der Waals surface area contributed by atoms with Crippen molar-refractivity contribution in [3.05, 3.63) is 65.5 Å². The number of carbonyl (C=O) groups excluding carboxylic acids is 1. The van der Waals surface area contributed by atoms with Crippen LogP contribution in [0.4, 0.5) is 9.18 Å². The number of ether oxygens (including phenoxy) is 1. The minimum absolute atomic E-state index is 0.0359. The van der Waals surface area contributed by atoms with Crippen LogP contribution in [-0.2, 0) is 12.8 Å². The average Bonchev–Trinajstić information content (AvgIpc) is 2.73. The first-order valence-electron chi connectivity index (χ1n) is 9.76. The smallest absolute Gasteiger partial charge is 0.317 e. The Labute approximate surface area is 166 Å². The molecule has 0 unspecified atom stereocenters. The Morgan fingerprint density at radius 1 is 1.04 bits per heavy atom. The van der Waals surface area contributed by atoms with E-state index in [0.29, 0.717) is 13.0 Å². The summed E-state index contributed by atoms with van der Waals surface area (Å²) in [6.45, 7) is 4.73. The van der Waals surface area contributed by atoms with E-state index in [1.807, 2.05) is 23.1 Å². The molecule has 2 aromatic rings. The maximum atomic E-state index is 13.2. The summed E-state index contributed by atoms with van der Waals surface area (Å²) >= 11 is 0. The number of hydrogen-bond donors (Lipinski definition) is 1. The van der Waals surface area contributed by atoms with Gasteiger partial charge in [0.05, 0.1) is 7.11 Å². The van der Waals surface area contributed by atoms with Crippen molar-refractivity contribution in [1.82, 2.24) is 15.1 Å². The molecule has 150 valence electrons. The lowest BCUT2D eigenvalue weighted by atomic mass is 10.1. The van der Waals surface area contributed by atoms with Gasteiger partial charge < -0.3 is 15.0 Å². The number of carbonyl (C=O) groups is 1. The van der Waals surface area contributed by atoms with Crippen molar-refractivity contribution in [3.63, 3.8) is 0 Å². The number of nitrogens with one attached hydrogen (secondary N) is 1. The van der Waals surface area contributed by atoms with Crippen LogP contribution in [-0.4, -0.2) is 62.2 Å². The maximum Gasteiger partial charge on any atom is 0.317 e. The molecule has 0 atom stereocenters. The molecule has 28 heavy (non-hydrogen) atoms. The number of rotatable bonds is 7. The zero-order valence-corrected chi connectivity index (χ0v) is 16.4. The summed E-state index contributed by atoms with van der Waals surface area (Å²) in [6, 6.07) is 14.6. The van der Waals surface area contributed by atoms with Crippen molar-refractivity contribution in [3.8, 4) is 5.75 Å². The zero-order valence-electron chi connectivity index (χ0n) is 16.4. The Kier molecular flexibility index (Phi) is 7.25. The Morgan fingerprint density at radius 3 is 2.46 bits per heavy atom. The zero-order chi connectivity index (χ0) is 19.8. The van der Waals surface area contributed by atoms with E-state index in [4.69, 9.17) is 4.74 Å². The first kappa shape index (κ1) is 20.1. The van der Waals surface area contributed by atoms with Gasteiger partial charge in [0, 0.05) is 39.3 Å². The van der Waals surface area contributed by atoms with Crippen molar-refractivity contribution >= 4 is 6.03 Å². The second-order valence-corrected chi connectivity index (χ2v) is 7.04. The van der Waals surface area contributed by atoms with Crippen LogP contribution in [0.2, 0.25) is 0 Å². The Morgan fingerprint density at radius 2 is 1.79 bits per heavy atom. The molecule has 0 radical (unpaired) electrons. The van der Waals surface area contributed by atoms with Gasteiger partial charge in [-0.15, -0.1) is 0 Å². The van der Waals surface area contributed by atoms with E-state index in [-0.39, 0.29) is 11.8 Å². The number of amides is 2. The molecule has 1 aliphatic heterocycles. The van der Waals surface area contributed by atoms with Crippen molar-refractivity contribution < 1.29 is 13.9 Å². The maximum absolute atomic E-state index is 13.2. The third kappa shape index (κ3) is 5.96. The topological polar surface area (TPSA) is 44.8 Å². The van der Waals surface area contributed by atoms with Crippen LogP contribution in [0, 0.1) is 5.82 Å². The minimum atomic E-state index is -0.241. The van der Waals surface area contributed by atoms with Gasteiger partial charge in [-0.05, 0) is 48.2 Å². The number of methoxy groups -OCH3 is 1. The third-order valence-corrected chi connectivity index (χ3v) is 5.11. The second-order valence-electron chi connectivity index (χ2n) is 7.04. The van der Waals surface area contributed by atoms with E-state index >= 15 is 0 Å². The lowest BCUT2D eigenvalue weighted by Gasteiger charge is -2.34. The fourth-order valence-corrected chi connectivity index (χ4v) is 3.37. The van der Waals surface area contributed by atoms with Crippen LogP contribution in [0.1, 0.15) is 11.1 Å². The number of nitrogens with zero attached hydrogens (tertiary/aromatic N) is 2. The molecule has 1 N–H and O–H groups in total. The molecule has 1 fully saturated rings. The summed E-state index contributed by atoms with van der Waals surface area (Å²) in [4.78, 5) is 16.6. The molecule has 5 nitrogen and oxygen atoms in total. The van der Waals surface area contributed by atoms with Crippen molar-refractivity contribution in [2.24, 2.45) is 0 Å². The van der Waals surface area contributed by atoms with Gasteiger partial charge in [0.2, 0.25) is 0 Å². The van der Waals surface area contributed by atoms with Crippen molar-refractivity contribution in [1.29, 1.82) is 0 Å². The standard InChI is InChI=1S/C22H28FN3O2/c1-28-21-7-5-18(6-8-21)10-12-25-13-15-26(16-14-25)22(27)24-11-9-19-3-2-4-20(23)17-19/h2-8,17H,9-16H2,1H3,(H,24,27). The van der Waals surface area contributed by atoms with Gasteiger partial charge in [-0.25, -0.2) is 9.18 Å². The van der Waals surface area contributed by atoms with Crippen LogP contribution in [0.25, 0.3) is 0 Å².